The molecule has 1 aliphatic carbocycles. The Morgan fingerprint density at radius 3 is 2.64 bits per heavy atom. The summed E-state index contributed by atoms with van der Waals surface area (Å²) in [5, 5.41) is 12.2. The number of ether oxygens (including phenoxy) is 1. The molecule has 2 unspecified atom stereocenters. The Balaban J connectivity index is 1.39. The van der Waals surface area contributed by atoms with Gasteiger partial charge in [0.25, 0.3) is 0 Å². The maximum absolute atomic E-state index is 13.4. The average Bonchev–Trinajstić information content (AvgIpc) is 3.30. The summed E-state index contributed by atoms with van der Waals surface area (Å²) in [4.78, 5) is 22.1. The minimum atomic E-state index is -0.532. The highest BCUT2D eigenvalue weighted by molar-refractivity contribution is 6.31. The number of anilines is 2. The van der Waals surface area contributed by atoms with Crippen LogP contribution in [-0.2, 0) is 0 Å². The number of fused-ring (bicyclic) bond motifs is 2. The van der Waals surface area contributed by atoms with Crippen molar-refractivity contribution in [1.82, 2.24) is 14.9 Å². The van der Waals surface area contributed by atoms with Gasteiger partial charge in [-0.2, -0.15) is 0 Å². The lowest BCUT2D eigenvalue weighted by molar-refractivity contribution is -0.385. The van der Waals surface area contributed by atoms with Gasteiger partial charge in [-0.15, -0.1) is 0 Å². The zero-order valence-corrected chi connectivity index (χ0v) is 18.6. The monoisotopic (exact) mass is 472 g/mol. The Kier molecular flexibility index (Phi) is 5.63. The average molecular weight is 473 g/mol. The normalized spacial score (nSPS) is 22.3. The first-order valence-electron chi connectivity index (χ1n) is 10.6. The van der Waals surface area contributed by atoms with Gasteiger partial charge >= 0.3 is 5.69 Å². The van der Waals surface area contributed by atoms with Crippen molar-refractivity contribution < 1.29 is 14.1 Å². The fourth-order valence-electron chi connectivity index (χ4n) is 4.87. The number of nitro groups is 1. The standard InChI is InChI=1S/C22H22ClFN6O3/c1-29-9-12-4-15(5-13(12)10-29)33-21-8-19-16(7-20(21)30(31)32)22(26-11-25-19)28-27-14-2-3-18(24)17(23)6-14/h2-3,6-8,11-13,15,27H,4-5,9-10H2,1H3,(H,25,26,28). The van der Waals surface area contributed by atoms with Crippen LogP contribution in [0.25, 0.3) is 10.9 Å². The molecule has 2 aliphatic rings. The van der Waals surface area contributed by atoms with Crippen LogP contribution in [0.1, 0.15) is 12.8 Å². The number of aromatic nitrogens is 2. The summed E-state index contributed by atoms with van der Waals surface area (Å²) in [6.07, 6.45) is 3.10. The molecule has 5 rings (SSSR count). The molecule has 3 aromatic rings. The number of halogens is 2. The van der Waals surface area contributed by atoms with E-state index in [2.05, 4.69) is 32.8 Å². The van der Waals surface area contributed by atoms with Gasteiger partial charge in [0.15, 0.2) is 11.6 Å². The van der Waals surface area contributed by atoms with E-state index in [9.17, 15) is 14.5 Å². The number of hydrogen-bond acceptors (Lipinski definition) is 8. The first kappa shape index (κ1) is 21.6. The van der Waals surface area contributed by atoms with Crippen molar-refractivity contribution in [1.29, 1.82) is 0 Å². The number of nitrogens with one attached hydrogen (secondary N) is 2. The van der Waals surface area contributed by atoms with E-state index in [-0.39, 0.29) is 22.6 Å². The fourth-order valence-corrected chi connectivity index (χ4v) is 5.05. The van der Waals surface area contributed by atoms with Crippen LogP contribution >= 0.6 is 11.6 Å². The van der Waals surface area contributed by atoms with Gasteiger partial charge in [-0.1, -0.05) is 11.6 Å². The van der Waals surface area contributed by atoms with E-state index in [0.29, 0.717) is 34.2 Å². The zero-order valence-electron chi connectivity index (χ0n) is 17.8. The number of nitrogens with zero attached hydrogens (tertiary/aromatic N) is 4. The zero-order chi connectivity index (χ0) is 23.1. The van der Waals surface area contributed by atoms with Gasteiger partial charge in [0.05, 0.1) is 32.6 Å². The topological polar surface area (TPSA) is 105 Å². The molecule has 2 aromatic carbocycles. The maximum Gasteiger partial charge on any atom is 0.311 e. The van der Waals surface area contributed by atoms with Crippen LogP contribution in [0, 0.1) is 27.8 Å². The van der Waals surface area contributed by atoms with Crippen LogP contribution in [0.2, 0.25) is 5.02 Å². The second-order valence-corrected chi connectivity index (χ2v) is 9.06. The summed E-state index contributed by atoms with van der Waals surface area (Å²) in [6, 6.07) is 7.15. The van der Waals surface area contributed by atoms with Gasteiger partial charge in [-0.25, -0.2) is 14.4 Å². The van der Waals surface area contributed by atoms with E-state index in [1.54, 1.807) is 6.07 Å². The van der Waals surface area contributed by atoms with E-state index >= 15 is 0 Å². The van der Waals surface area contributed by atoms with Gasteiger partial charge < -0.3 is 9.64 Å². The third-order valence-corrected chi connectivity index (χ3v) is 6.63. The second kappa shape index (κ2) is 8.60. The van der Waals surface area contributed by atoms with Gasteiger partial charge in [0.1, 0.15) is 12.1 Å². The molecule has 0 spiro atoms. The molecule has 1 aliphatic heterocycles. The number of hydrazine groups is 1. The van der Waals surface area contributed by atoms with E-state index in [1.807, 2.05) is 0 Å². The van der Waals surface area contributed by atoms with Crippen molar-refractivity contribution in [2.24, 2.45) is 11.8 Å². The molecule has 172 valence electrons. The number of rotatable bonds is 6. The van der Waals surface area contributed by atoms with Gasteiger partial charge in [0, 0.05) is 25.2 Å². The predicted molar refractivity (Wildman–Crippen MR) is 123 cm³/mol. The molecule has 0 amide bonds. The Hall–Kier alpha value is -3.24. The highest BCUT2D eigenvalue weighted by atomic mass is 35.5. The fraction of sp³-hybridized carbons (Fsp3) is 0.364. The van der Waals surface area contributed by atoms with E-state index < -0.39 is 10.7 Å². The van der Waals surface area contributed by atoms with Crippen LogP contribution in [0.3, 0.4) is 0 Å². The number of nitro benzene ring substituents is 1. The molecule has 2 N–H and O–H groups in total. The van der Waals surface area contributed by atoms with Crippen LogP contribution < -0.4 is 15.6 Å². The molecule has 0 bridgehead atoms. The third-order valence-electron chi connectivity index (χ3n) is 6.34. The summed E-state index contributed by atoms with van der Waals surface area (Å²) in [7, 11) is 2.12. The van der Waals surface area contributed by atoms with E-state index in [4.69, 9.17) is 16.3 Å². The van der Waals surface area contributed by atoms with Crippen molar-refractivity contribution in [3.05, 3.63) is 57.6 Å². The van der Waals surface area contributed by atoms with Crippen LogP contribution in [0.5, 0.6) is 5.75 Å². The number of hydrogen-bond donors (Lipinski definition) is 2. The summed E-state index contributed by atoms with van der Waals surface area (Å²) in [5.41, 5.74) is 6.63. The van der Waals surface area contributed by atoms with Crippen LogP contribution in [-0.4, -0.2) is 46.0 Å². The summed E-state index contributed by atoms with van der Waals surface area (Å²) >= 11 is 5.81. The highest BCUT2D eigenvalue weighted by Gasteiger charge is 2.41. The Morgan fingerprint density at radius 1 is 1.18 bits per heavy atom. The minimum Gasteiger partial charge on any atom is -0.483 e. The van der Waals surface area contributed by atoms with Crippen molar-refractivity contribution in [2.75, 3.05) is 31.0 Å². The molecule has 1 saturated carbocycles. The first-order valence-corrected chi connectivity index (χ1v) is 11.0. The molecule has 2 atom stereocenters. The Bertz CT molecular complexity index is 1210. The van der Waals surface area contributed by atoms with Crippen molar-refractivity contribution in [3.63, 3.8) is 0 Å². The lowest BCUT2D eigenvalue weighted by Gasteiger charge is -2.17. The summed E-state index contributed by atoms with van der Waals surface area (Å²) in [6.45, 7) is 2.08. The molecule has 11 heteroatoms. The van der Waals surface area contributed by atoms with Gasteiger partial charge in [-0.05, 0) is 49.9 Å². The Morgan fingerprint density at radius 2 is 1.94 bits per heavy atom. The van der Waals surface area contributed by atoms with Crippen molar-refractivity contribution in [2.45, 2.75) is 18.9 Å². The minimum absolute atomic E-state index is 0.0329. The second-order valence-electron chi connectivity index (χ2n) is 8.65. The molecule has 2 heterocycles. The number of benzene rings is 2. The van der Waals surface area contributed by atoms with E-state index in [0.717, 1.165) is 25.9 Å². The molecule has 1 saturated heterocycles. The molecular weight excluding hydrogens is 451 g/mol. The van der Waals surface area contributed by atoms with Gasteiger partial charge in [0.2, 0.25) is 0 Å². The third kappa shape index (κ3) is 4.36. The molecule has 1 aromatic heterocycles. The SMILES string of the molecule is CN1CC2CC(Oc3cc4ncnc(NNc5ccc(F)c(Cl)c5)c4cc3[N+](=O)[O-])CC2C1. The lowest BCUT2D eigenvalue weighted by atomic mass is 10.0. The van der Waals surface area contributed by atoms with Gasteiger partial charge in [-0.3, -0.25) is 21.0 Å². The Labute approximate surface area is 194 Å². The quantitative estimate of drug-likeness (QED) is 0.399. The van der Waals surface area contributed by atoms with Crippen molar-refractivity contribution >= 4 is 39.7 Å². The van der Waals surface area contributed by atoms with Crippen molar-refractivity contribution in [3.8, 4) is 5.75 Å². The number of likely N-dealkylation sites (tertiary alicyclic amines) is 1. The predicted octanol–water partition coefficient (Wildman–Crippen LogP) is 4.49. The van der Waals surface area contributed by atoms with Crippen LogP contribution in [0.4, 0.5) is 21.6 Å². The molecular formula is C22H22ClFN6O3. The molecule has 0 radical (unpaired) electrons. The molecule has 9 nitrogen and oxygen atoms in total. The molecule has 33 heavy (non-hydrogen) atoms. The smallest absolute Gasteiger partial charge is 0.311 e. The van der Waals surface area contributed by atoms with Crippen LogP contribution in [0.15, 0.2) is 36.7 Å². The van der Waals surface area contributed by atoms with E-state index in [1.165, 1.54) is 30.6 Å². The summed E-state index contributed by atoms with van der Waals surface area (Å²) in [5.74, 6) is 1.16. The maximum atomic E-state index is 13.4. The highest BCUT2D eigenvalue weighted by Crippen LogP contribution is 2.41. The largest absolute Gasteiger partial charge is 0.483 e. The lowest BCUT2D eigenvalue weighted by Crippen LogP contribution is -2.21. The molecule has 2 fully saturated rings. The summed E-state index contributed by atoms with van der Waals surface area (Å²) < 4.78 is 19.5. The first-order chi connectivity index (χ1) is 15.9.